The average molecular weight is 326 g/mol. The molecule has 126 valence electrons. The number of rotatable bonds is 3. The molecular formula is C18H22N4O2. The number of phenolic OH excluding ortho intramolecular Hbond substituents is 1. The first-order chi connectivity index (χ1) is 11.5. The average Bonchev–Trinajstić information content (AvgIpc) is 2.58. The van der Waals surface area contributed by atoms with Gasteiger partial charge in [0.1, 0.15) is 11.6 Å². The van der Waals surface area contributed by atoms with Crippen LogP contribution in [0.25, 0.3) is 0 Å². The number of aromatic hydroxyl groups is 1. The van der Waals surface area contributed by atoms with Gasteiger partial charge in [0.05, 0.1) is 5.56 Å². The van der Waals surface area contributed by atoms with Gasteiger partial charge in [0.15, 0.2) is 0 Å². The number of aromatic nitrogens is 1. The number of hydrogen-bond acceptors (Lipinski definition) is 5. The van der Waals surface area contributed by atoms with E-state index in [0.717, 1.165) is 37.6 Å². The standard InChI is InChI=1S/C18H22N4O2/c1-13-11-15(23)4-5-16(13)20-18(24)14-3-6-17(19-12-14)22-9-7-21(2)8-10-22/h3-6,11-12,23H,7-10H2,1-2H3,(H,20,24). The van der Waals surface area contributed by atoms with Gasteiger partial charge in [-0.1, -0.05) is 0 Å². The van der Waals surface area contributed by atoms with E-state index in [9.17, 15) is 9.90 Å². The number of benzene rings is 1. The zero-order chi connectivity index (χ0) is 17.1. The second kappa shape index (κ2) is 6.88. The number of hydrogen-bond donors (Lipinski definition) is 2. The van der Waals surface area contributed by atoms with Crippen molar-refractivity contribution in [2.24, 2.45) is 0 Å². The van der Waals surface area contributed by atoms with Gasteiger partial charge in [0.2, 0.25) is 0 Å². The fourth-order valence-corrected chi connectivity index (χ4v) is 2.73. The van der Waals surface area contributed by atoms with E-state index in [4.69, 9.17) is 0 Å². The molecule has 2 heterocycles. The van der Waals surface area contributed by atoms with Crippen LogP contribution in [0.3, 0.4) is 0 Å². The van der Waals surface area contributed by atoms with Crippen molar-refractivity contribution in [3.05, 3.63) is 47.7 Å². The first-order valence-corrected chi connectivity index (χ1v) is 8.03. The number of carbonyl (C=O) groups excluding carboxylic acids is 1. The topological polar surface area (TPSA) is 68.7 Å². The Hall–Kier alpha value is -2.60. The predicted octanol–water partition coefficient (Wildman–Crippen LogP) is 2.10. The number of carbonyl (C=O) groups is 1. The van der Waals surface area contributed by atoms with Gasteiger partial charge >= 0.3 is 0 Å². The molecule has 2 aromatic rings. The van der Waals surface area contributed by atoms with Crippen LogP contribution in [-0.4, -0.2) is 54.1 Å². The first-order valence-electron chi connectivity index (χ1n) is 8.03. The molecule has 0 bridgehead atoms. The highest BCUT2D eigenvalue weighted by molar-refractivity contribution is 6.04. The van der Waals surface area contributed by atoms with Crippen LogP contribution in [0, 0.1) is 6.92 Å². The fourth-order valence-electron chi connectivity index (χ4n) is 2.73. The maximum Gasteiger partial charge on any atom is 0.257 e. The summed E-state index contributed by atoms with van der Waals surface area (Å²) in [6.07, 6.45) is 1.61. The molecule has 1 saturated heterocycles. The van der Waals surface area contributed by atoms with Crippen LogP contribution in [0.1, 0.15) is 15.9 Å². The summed E-state index contributed by atoms with van der Waals surface area (Å²) in [5.74, 6) is 0.880. The van der Waals surface area contributed by atoms with E-state index in [2.05, 4.69) is 27.1 Å². The molecule has 0 spiro atoms. The Bertz CT molecular complexity index is 722. The van der Waals surface area contributed by atoms with Crippen LogP contribution in [0.4, 0.5) is 11.5 Å². The molecule has 2 N–H and O–H groups in total. The molecule has 24 heavy (non-hydrogen) atoms. The lowest BCUT2D eigenvalue weighted by atomic mass is 10.1. The van der Waals surface area contributed by atoms with Crippen molar-refractivity contribution >= 4 is 17.4 Å². The Morgan fingerprint density at radius 2 is 1.92 bits per heavy atom. The van der Waals surface area contributed by atoms with E-state index < -0.39 is 0 Å². The molecular weight excluding hydrogens is 304 g/mol. The van der Waals surface area contributed by atoms with Gasteiger partial charge in [-0.2, -0.15) is 0 Å². The minimum atomic E-state index is -0.207. The van der Waals surface area contributed by atoms with Crippen LogP contribution < -0.4 is 10.2 Å². The minimum Gasteiger partial charge on any atom is -0.508 e. The number of likely N-dealkylation sites (N-methyl/N-ethyl adjacent to an activating group) is 1. The molecule has 0 atom stereocenters. The minimum absolute atomic E-state index is 0.184. The van der Waals surface area contributed by atoms with Crippen LogP contribution in [0.5, 0.6) is 5.75 Å². The van der Waals surface area contributed by atoms with E-state index in [1.165, 1.54) is 0 Å². The molecule has 0 radical (unpaired) electrons. The van der Waals surface area contributed by atoms with Crippen molar-refractivity contribution in [3.63, 3.8) is 0 Å². The number of aryl methyl sites for hydroxylation is 1. The summed E-state index contributed by atoms with van der Waals surface area (Å²) in [6.45, 7) is 5.77. The zero-order valence-corrected chi connectivity index (χ0v) is 14.0. The normalized spacial score (nSPS) is 15.3. The molecule has 1 aliphatic heterocycles. The monoisotopic (exact) mass is 326 g/mol. The fraction of sp³-hybridized carbons (Fsp3) is 0.333. The summed E-state index contributed by atoms with van der Waals surface area (Å²) < 4.78 is 0. The van der Waals surface area contributed by atoms with Crippen LogP contribution in [0.15, 0.2) is 36.5 Å². The third-order valence-corrected chi connectivity index (χ3v) is 4.30. The Balaban J connectivity index is 1.67. The number of pyridine rings is 1. The SMILES string of the molecule is Cc1cc(O)ccc1NC(=O)c1ccc(N2CCN(C)CC2)nc1. The second-order valence-electron chi connectivity index (χ2n) is 6.15. The molecule has 1 amide bonds. The van der Waals surface area contributed by atoms with Crippen molar-refractivity contribution in [1.82, 2.24) is 9.88 Å². The number of piperazine rings is 1. The van der Waals surface area contributed by atoms with Crippen molar-refractivity contribution in [1.29, 1.82) is 0 Å². The largest absolute Gasteiger partial charge is 0.508 e. The third-order valence-electron chi connectivity index (χ3n) is 4.30. The summed E-state index contributed by atoms with van der Waals surface area (Å²) in [5.41, 5.74) is 2.01. The highest BCUT2D eigenvalue weighted by Gasteiger charge is 2.16. The summed E-state index contributed by atoms with van der Waals surface area (Å²) >= 11 is 0. The molecule has 3 rings (SSSR count). The molecule has 1 aliphatic rings. The highest BCUT2D eigenvalue weighted by Crippen LogP contribution is 2.21. The second-order valence-corrected chi connectivity index (χ2v) is 6.15. The maximum atomic E-state index is 12.3. The lowest BCUT2D eigenvalue weighted by molar-refractivity contribution is 0.102. The lowest BCUT2D eigenvalue weighted by Gasteiger charge is -2.33. The maximum absolute atomic E-state index is 12.3. The first kappa shape index (κ1) is 16.3. The van der Waals surface area contributed by atoms with E-state index in [1.54, 1.807) is 30.5 Å². The Morgan fingerprint density at radius 1 is 1.17 bits per heavy atom. The smallest absolute Gasteiger partial charge is 0.257 e. The predicted molar refractivity (Wildman–Crippen MR) is 94.7 cm³/mol. The number of nitrogens with one attached hydrogen (secondary N) is 1. The Morgan fingerprint density at radius 3 is 2.54 bits per heavy atom. The van der Waals surface area contributed by atoms with E-state index in [-0.39, 0.29) is 11.7 Å². The van der Waals surface area contributed by atoms with Gasteiger partial charge in [0, 0.05) is 38.1 Å². The summed E-state index contributed by atoms with van der Waals surface area (Å²) in [5, 5.41) is 12.3. The molecule has 1 aromatic heterocycles. The van der Waals surface area contributed by atoms with E-state index in [1.807, 2.05) is 13.0 Å². The van der Waals surface area contributed by atoms with Crippen LogP contribution in [0.2, 0.25) is 0 Å². The number of amides is 1. The van der Waals surface area contributed by atoms with Gasteiger partial charge in [-0.25, -0.2) is 4.98 Å². The van der Waals surface area contributed by atoms with Crippen molar-refractivity contribution in [2.75, 3.05) is 43.4 Å². The van der Waals surface area contributed by atoms with Crippen molar-refractivity contribution < 1.29 is 9.90 Å². The van der Waals surface area contributed by atoms with E-state index in [0.29, 0.717) is 11.3 Å². The molecule has 0 unspecified atom stereocenters. The molecule has 1 fully saturated rings. The van der Waals surface area contributed by atoms with Crippen molar-refractivity contribution in [3.8, 4) is 5.75 Å². The number of nitrogens with zero attached hydrogens (tertiary/aromatic N) is 3. The molecule has 6 nitrogen and oxygen atoms in total. The number of anilines is 2. The highest BCUT2D eigenvalue weighted by atomic mass is 16.3. The summed E-state index contributed by atoms with van der Waals surface area (Å²) in [6, 6.07) is 8.55. The van der Waals surface area contributed by atoms with Gasteiger partial charge in [-0.15, -0.1) is 0 Å². The Labute approximate surface area is 141 Å². The van der Waals surface area contributed by atoms with Crippen LogP contribution in [-0.2, 0) is 0 Å². The quantitative estimate of drug-likeness (QED) is 0.846. The number of phenols is 1. The van der Waals surface area contributed by atoms with Gasteiger partial charge in [0.25, 0.3) is 5.91 Å². The lowest BCUT2D eigenvalue weighted by Crippen LogP contribution is -2.44. The van der Waals surface area contributed by atoms with E-state index >= 15 is 0 Å². The molecule has 1 aromatic carbocycles. The van der Waals surface area contributed by atoms with Gasteiger partial charge < -0.3 is 20.2 Å². The summed E-state index contributed by atoms with van der Waals surface area (Å²) in [4.78, 5) is 21.3. The zero-order valence-electron chi connectivity index (χ0n) is 14.0. The molecule has 0 saturated carbocycles. The van der Waals surface area contributed by atoms with Gasteiger partial charge in [-0.05, 0) is 49.9 Å². The Kier molecular flexibility index (Phi) is 4.66. The molecule has 0 aliphatic carbocycles. The van der Waals surface area contributed by atoms with Crippen molar-refractivity contribution in [2.45, 2.75) is 6.92 Å². The van der Waals surface area contributed by atoms with Crippen LogP contribution >= 0.6 is 0 Å². The molecule has 6 heteroatoms. The summed E-state index contributed by atoms with van der Waals surface area (Å²) in [7, 11) is 2.11. The van der Waals surface area contributed by atoms with Gasteiger partial charge in [-0.3, -0.25) is 4.79 Å². The third kappa shape index (κ3) is 3.65.